The molecule has 0 radical (unpaired) electrons. The van der Waals surface area contributed by atoms with Crippen molar-refractivity contribution in [1.82, 2.24) is 9.55 Å². The number of hydrogen-bond acceptors (Lipinski definition) is 4. The van der Waals surface area contributed by atoms with E-state index in [1.807, 2.05) is 0 Å². The topological polar surface area (TPSA) is 61.2 Å². The average molecular weight is 196 g/mol. The Morgan fingerprint density at radius 1 is 1.64 bits per heavy atom. The summed E-state index contributed by atoms with van der Waals surface area (Å²) in [6.07, 6.45) is 1.43. The first-order chi connectivity index (χ1) is 6.56. The standard InChI is InChI=1S/C9H12N2O3/c1-4-14-8(12)7-5-11(3)9(13)10-6(7)2/h5H,4H2,1-3H3. The van der Waals surface area contributed by atoms with Gasteiger partial charge >= 0.3 is 11.7 Å². The molecule has 0 aromatic carbocycles. The molecule has 14 heavy (non-hydrogen) atoms. The second kappa shape index (κ2) is 4.04. The molecule has 5 nitrogen and oxygen atoms in total. The fourth-order valence-electron chi connectivity index (χ4n) is 1.03. The number of esters is 1. The monoisotopic (exact) mass is 196 g/mol. The molecule has 0 atom stereocenters. The van der Waals surface area contributed by atoms with Gasteiger partial charge in [-0.25, -0.2) is 9.59 Å². The van der Waals surface area contributed by atoms with Crippen LogP contribution in [0.4, 0.5) is 0 Å². The Hall–Kier alpha value is -1.65. The molecule has 0 bridgehead atoms. The van der Waals surface area contributed by atoms with Gasteiger partial charge in [0.25, 0.3) is 0 Å². The van der Waals surface area contributed by atoms with E-state index in [9.17, 15) is 9.59 Å². The van der Waals surface area contributed by atoms with E-state index in [1.54, 1.807) is 13.8 Å². The predicted molar refractivity (Wildman–Crippen MR) is 50.2 cm³/mol. The SMILES string of the molecule is CCOC(=O)c1cn(C)c(=O)nc1C. The first kappa shape index (κ1) is 10.4. The highest BCUT2D eigenvalue weighted by atomic mass is 16.5. The molecule has 0 fully saturated rings. The second-order valence-corrected chi connectivity index (χ2v) is 2.85. The van der Waals surface area contributed by atoms with E-state index in [-0.39, 0.29) is 5.69 Å². The van der Waals surface area contributed by atoms with E-state index < -0.39 is 5.97 Å². The van der Waals surface area contributed by atoms with Gasteiger partial charge in [-0.3, -0.25) is 0 Å². The summed E-state index contributed by atoms with van der Waals surface area (Å²) in [6, 6.07) is 0. The first-order valence-corrected chi connectivity index (χ1v) is 4.27. The molecular weight excluding hydrogens is 184 g/mol. The van der Waals surface area contributed by atoms with Crippen LogP contribution in [0, 0.1) is 6.92 Å². The van der Waals surface area contributed by atoms with E-state index in [0.717, 1.165) is 0 Å². The number of carbonyl (C=O) groups excluding carboxylic acids is 1. The van der Waals surface area contributed by atoms with Crippen LogP contribution < -0.4 is 5.69 Å². The largest absolute Gasteiger partial charge is 0.462 e. The lowest BCUT2D eigenvalue weighted by Gasteiger charge is -2.05. The molecule has 0 amide bonds. The van der Waals surface area contributed by atoms with Crippen LogP contribution in [-0.2, 0) is 11.8 Å². The Morgan fingerprint density at radius 3 is 2.86 bits per heavy atom. The molecular formula is C9H12N2O3. The summed E-state index contributed by atoms with van der Waals surface area (Å²) < 4.78 is 6.06. The predicted octanol–water partition coefficient (Wildman–Crippen LogP) is 0.265. The van der Waals surface area contributed by atoms with Crippen molar-refractivity contribution in [2.24, 2.45) is 7.05 Å². The summed E-state index contributed by atoms with van der Waals surface area (Å²) in [5.74, 6) is -0.451. The Bertz CT molecular complexity index is 409. The van der Waals surface area contributed by atoms with E-state index in [1.165, 1.54) is 17.8 Å². The minimum absolute atomic E-state index is 0.307. The number of nitrogens with zero attached hydrogens (tertiary/aromatic N) is 2. The summed E-state index contributed by atoms with van der Waals surface area (Å²) in [5, 5.41) is 0. The molecule has 0 saturated carbocycles. The van der Waals surface area contributed by atoms with Gasteiger partial charge in [-0.05, 0) is 13.8 Å². The van der Waals surface area contributed by atoms with E-state index in [0.29, 0.717) is 17.9 Å². The van der Waals surface area contributed by atoms with Crippen LogP contribution in [0.1, 0.15) is 23.0 Å². The lowest BCUT2D eigenvalue weighted by Crippen LogP contribution is -2.23. The first-order valence-electron chi connectivity index (χ1n) is 4.27. The maximum atomic E-state index is 11.4. The average Bonchev–Trinajstić information content (AvgIpc) is 2.11. The number of carbonyl (C=O) groups is 1. The van der Waals surface area contributed by atoms with Crippen molar-refractivity contribution in [2.75, 3.05) is 6.61 Å². The fourth-order valence-corrected chi connectivity index (χ4v) is 1.03. The van der Waals surface area contributed by atoms with Gasteiger partial charge in [0.15, 0.2) is 0 Å². The van der Waals surface area contributed by atoms with Gasteiger partial charge in [-0.15, -0.1) is 0 Å². The highest BCUT2D eigenvalue weighted by Gasteiger charge is 2.12. The molecule has 5 heteroatoms. The number of ether oxygens (including phenoxy) is 1. The summed E-state index contributed by atoms with van der Waals surface area (Å²) >= 11 is 0. The molecule has 0 aliphatic carbocycles. The number of rotatable bonds is 2. The van der Waals surface area contributed by atoms with Gasteiger partial charge in [0.2, 0.25) is 0 Å². The van der Waals surface area contributed by atoms with E-state index in [4.69, 9.17) is 4.74 Å². The summed E-state index contributed by atoms with van der Waals surface area (Å²) in [7, 11) is 1.54. The zero-order valence-corrected chi connectivity index (χ0v) is 8.40. The quantitative estimate of drug-likeness (QED) is 0.637. The van der Waals surface area contributed by atoms with Crippen LogP contribution in [-0.4, -0.2) is 22.1 Å². The summed E-state index contributed by atoms with van der Waals surface area (Å²) in [4.78, 5) is 26.1. The highest BCUT2D eigenvalue weighted by Crippen LogP contribution is 2.03. The molecule has 76 valence electrons. The zero-order valence-electron chi connectivity index (χ0n) is 8.40. The van der Waals surface area contributed by atoms with Gasteiger partial charge in [0, 0.05) is 13.2 Å². The summed E-state index contributed by atoms with van der Waals surface area (Å²) in [5.41, 5.74) is 0.344. The zero-order chi connectivity index (χ0) is 10.7. The number of aromatic nitrogens is 2. The van der Waals surface area contributed by atoms with Crippen molar-refractivity contribution in [1.29, 1.82) is 0 Å². The number of hydrogen-bond donors (Lipinski definition) is 0. The number of aryl methyl sites for hydroxylation is 2. The van der Waals surface area contributed by atoms with Crippen molar-refractivity contribution in [2.45, 2.75) is 13.8 Å². The molecule has 0 spiro atoms. The van der Waals surface area contributed by atoms with Crippen molar-refractivity contribution in [3.05, 3.63) is 27.9 Å². The lowest BCUT2D eigenvalue weighted by molar-refractivity contribution is 0.0523. The molecule has 0 saturated heterocycles. The third kappa shape index (κ3) is 1.99. The lowest BCUT2D eigenvalue weighted by atomic mass is 10.2. The van der Waals surface area contributed by atoms with Crippen LogP contribution in [0.2, 0.25) is 0 Å². The van der Waals surface area contributed by atoms with Gasteiger partial charge in [0.1, 0.15) is 0 Å². The molecule has 1 aromatic rings. The van der Waals surface area contributed by atoms with Gasteiger partial charge < -0.3 is 9.30 Å². The highest BCUT2D eigenvalue weighted by molar-refractivity contribution is 5.90. The van der Waals surface area contributed by atoms with Crippen LogP contribution >= 0.6 is 0 Å². The van der Waals surface area contributed by atoms with Crippen molar-refractivity contribution in [3.8, 4) is 0 Å². The minimum atomic E-state index is -0.451. The molecule has 1 heterocycles. The van der Waals surface area contributed by atoms with Crippen molar-refractivity contribution in [3.63, 3.8) is 0 Å². The maximum absolute atomic E-state index is 11.4. The van der Waals surface area contributed by atoms with Gasteiger partial charge in [-0.2, -0.15) is 4.98 Å². The maximum Gasteiger partial charge on any atom is 0.347 e. The van der Waals surface area contributed by atoms with Gasteiger partial charge in [-0.1, -0.05) is 0 Å². The van der Waals surface area contributed by atoms with Crippen LogP contribution in [0.3, 0.4) is 0 Å². The molecule has 0 aliphatic heterocycles. The fraction of sp³-hybridized carbons (Fsp3) is 0.444. The third-order valence-corrected chi connectivity index (χ3v) is 1.77. The van der Waals surface area contributed by atoms with Crippen molar-refractivity contribution >= 4 is 5.97 Å². The molecule has 0 unspecified atom stereocenters. The minimum Gasteiger partial charge on any atom is -0.462 e. The van der Waals surface area contributed by atoms with Crippen molar-refractivity contribution < 1.29 is 9.53 Å². The molecule has 0 N–H and O–H groups in total. The third-order valence-electron chi connectivity index (χ3n) is 1.77. The van der Waals surface area contributed by atoms with Crippen LogP contribution in [0.5, 0.6) is 0 Å². The Labute approximate surface area is 81.3 Å². The van der Waals surface area contributed by atoms with E-state index in [2.05, 4.69) is 4.98 Å². The van der Waals surface area contributed by atoms with Gasteiger partial charge in [0.05, 0.1) is 17.9 Å². The molecule has 0 aliphatic rings. The Balaban J connectivity index is 3.16. The molecule has 1 aromatic heterocycles. The Kier molecular flexibility index (Phi) is 3.01. The smallest absolute Gasteiger partial charge is 0.347 e. The van der Waals surface area contributed by atoms with E-state index >= 15 is 0 Å². The normalized spacial score (nSPS) is 9.93. The molecule has 1 rings (SSSR count). The van der Waals surface area contributed by atoms with Crippen LogP contribution in [0.25, 0.3) is 0 Å². The summed E-state index contributed by atoms with van der Waals surface area (Å²) in [6.45, 7) is 3.64. The Morgan fingerprint density at radius 2 is 2.29 bits per heavy atom. The van der Waals surface area contributed by atoms with Crippen LogP contribution in [0.15, 0.2) is 11.0 Å². The second-order valence-electron chi connectivity index (χ2n) is 2.85.